The molecule has 1 saturated heterocycles. The first-order valence-corrected chi connectivity index (χ1v) is 7.13. The van der Waals surface area contributed by atoms with Gasteiger partial charge in [-0.2, -0.15) is 0 Å². The van der Waals surface area contributed by atoms with Crippen molar-refractivity contribution in [2.24, 2.45) is 0 Å². The quantitative estimate of drug-likeness (QED) is 0.797. The molecule has 0 amide bonds. The predicted octanol–water partition coefficient (Wildman–Crippen LogP) is 1.02. The lowest BCUT2D eigenvalue weighted by Crippen LogP contribution is -2.26. The normalized spacial score (nSPS) is 20.4. The smallest absolute Gasteiger partial charge is 0.152 e. The Morgan fingerprint density at radius 2 is 1.75 bits per heavy atom. The molecule has 0 bridgehead atoms. The molecule has 1 N–H and O–H groups in total. The summed E-state index contributed by atoms with van der Waals surface area (Å²) in [6.45, 7) is 1.29. The minimum Gasteiger partial charge on any atom is -0.508 e. The number of benzene rings is 1. The van der Waals surface area contributed by atoms with Gasteiger partial charge in [0.2, 0.25) is 0 Å². The number of rotatable bonds is 1. The Morgan fingerprint density at radius 3 is 2.44 bits per heavy atom. The monoisotopic (exact) mass is 241 g/mol. The number of phenolic OH excluding ortho intramolecular Hbond substituents is 1. The van der Waals surface area contributed by atoms with E-state index in [4.69, 9.17) is 0 Å². The van der Waals surface area contributed by atoms with Crippen LogP contribution in [0.4, 0.5) is 5.69 Å². The summed E-state index contributed by atoms with van der Waals surface area (Å²) < 4.78 is 22.9. The third-order valence-electron chi connectivity index (χ3n) is 2.77. The first-order chi connectivity index (χ1) is 7.57. The van der Waals surface area contributed by atoms with Crippen LogP contribution in [0.2, 0.25) is 0 Å². The van der Waals surface area contributed by atoms with Gasteiger partial charge in [0.05, 0.1) is 11.5 Å². The zero-order chi connectivity index (χ0) is 11.6. The SMILES string of the molecule is O=S1(=O)CCCN(c2ccc(O)cc2)CC1. The van der Waals surface area contributed by atoms with Crippen LogP contribution in [0.1, 0.15) is 6.42 Å². The maximum absolute atomic E-state index is 11.4. The van der Waals surface area contributed by atoms with E-state index in [0.717, 1.165) is 12.2 Å². The van der Waals surface area contributed by atoms with Crippen LogP contribution in [0.25, 0.3) is 0 Å². The fourth-order valence-corrected chi connectivity index (χ4v) is 3.13. The lowest BCUT2D eigenvalue weighted by atomic mass is 10.2. The highest BCUT2D eigenvalue weighted by Gasteiger charge is 2.19. The van der Waals surface area contributed by atoms with Gasteiger partial charge in [-0.15, -0.1) is 0 Å². The first kappa shape index (κ1) is 11.3. The van der Waals surface area contributed by atoms with Crippen LogP contribution in [0.5, 0.6) is 5.75 Å². The molecular formula is C11H15NO3S. The van der Waals surface area contributed by atoms with E-state index in [9.17, 15) is 13.5 Å². The lowest BCUT2D eigenvalue weighted by molar-refractivity contribution is 0.475. The van der Waals surface area contributed by atoms with E-state index in [-0.39, 0.29) is 17.3 Å². The van der Waals surface area contributed by atoms with Gasteiger partial charge >= 0.3 is 0 Å². The van der Waals surface area contributed by atoms with Gasteiger partial charge in [0, 0.05) is 18.8 Å². The summed E-state index contributed by atoms with van der Waals surface area (Å²) in [6, 6.07) is 6.87. The van der Waals surface area contributed by atoms with Crippen molar-refractivity contribution >= 4 is 15.5 Å². The molecule has 0 saturated carbocycles. The van der Waals surface area contributed by atoms with E-state index in [1.165, 1.54) is 0 Å². The Balaban J connectivity index is 2.13. The fraction of sp³-hybridized carbons (Fsp3) is 0.455. The fourth-order valence-electron chi connectivity index (χ4n) is 1.86. The van der Waals surface area contributed by atoms with Gasteiger partial charge in [-0.05, 0) is 30.7 Å². The molecule has 5 heteroatoms. The highest BCUT2D eigenvalue weighted by Crippen LogP contribution is 2.20. The molecule has 0 aliphatic carbocycles. The van der Waals surface area contributed by atoms with Crippen LogP contribution < -0.4 is 4.90 Å². The third kappa shape index (κ3) is 2.66. The van der Waals surface area contributed by atoms with Crippen LogP contribution in [-0.4, -0.2) is 38.1 Å². The van der Waals surface area contributed by atoms with E-state index in [1.807, 2.05) is 17.0 Å². The Labute approximate surface area is 95.4 Å². The molecule has 1 fully saturated rings. The van der Waals surface area contributed by atoms with Gasteiger partial charge in [0.25, 0.3) is 0 Å². The van der Waals surface area contributed by atoms with Crippen molar-refractivity contribution < 1.29 is 13.5 Å². The van der Waals surface area contributed by atoms with E-state index >= 15 is 0 Å². The van der Waals surface area contributed by atoms with Crippen molar-refractivity contribution in [3.05, 3.63) is 24.3 Å². The Kier molecular flexibility index (Phi) is 3.05. The summed E-state index contributed by atoms with van der Waals surface area (Å²) in [5.74, 6) is 0.723. The highest BCUT2D eigenvalue weighted by molar-refractivity contribution is 7.91. The summed E-state index contributed by atoms with van der Waals surface area (Å²) in [7, 11) is -2.86. The molecule has 1 aromatic rings. The average molecular weight is 241 g/mol. The van der Waals surface area contributed by atoms with E-state index in [2.05, 4.69) is 0 Å². The molecule has 0 atom stereocenters. The Hall–Kier alpha value is -1.23. The average Bonchev–Trinajstić information content (AvgIpc) is 2.41. The molecule has 1 aliphatic rings. The van der Waals surface area contributed by atoms with Crippen LogP contribution in [0, 0.1) is 0 Å². The number of aromatic hydroxyl groups is 1. The van der Waals surface area contributed by atoms with Crippen molar-refractivity contribution in [3.63, 3.8) is 0 Å². The minimum absolute atomic E-state index is 0.216. The largest absolute Gasteiger partial charge is 0.508 e. The zero-order valence-corrected chi connectivity index (χ0v) is 9.78. The van der Waals surface area contributed by atoms with Gasteiger partial charge < -0.3 is 10.0 Å². The number of sulfone groups is 1. The molecule has 0 spiro atoms. The second-order valence-electron chi connectivity index (χ2n) is 4.01. The van der Waals surface area contributed by atoms with E-state index in [1.54, 1.807) is 12.1 Å². The third-order valence-corrected chi connectivity index (χ3v) is 4.49. The summed E-state index contributed by atoms with van der Waals surface area (Å²) in [5.41, 5.74) is 0.968. The molecule has 88 valence electrons. The summed E-state index contributed by atoms with van der Waals surface area (Å²) in [5, 5.41) is 9.18. The predicted molar refractivity (Wildman–Crippen MR) is 63.6 cm³/mol. The molecule has 2 rings (SSSR count). The molecule has 4 nitrogen and oxygen atoms in total. The van der Waals surface area contributed by atoms with Crippen molar-refractivity contribution in [2.75, 3.05) is 29.5 Å². The van der Waals surface area contributed by atoms with E-state index < -0.39 is 9.84 Å². The number of anilines is 1. The van der Waals surface area contributed by atoms with Gasteiger partial charge in [-0.3, -0.25) is 0 Å². The Bertz CT molecular complexity index is 453. The van der Waals surface area contributed by atoms with Crippen molar-refractivity contribution in [1.82, 2.24) is 0 Å². The second kappa shape index (κ2) is 4.33. The standard InChI is InChI=1S/C11H15NO3S/c13-11-4-2-10(3-5-11)12-6-1-8-16(14,15)9-7-12/h2-5,13H,1,6-9H2. The Morgan fingerprint density at radius 1 is 1.06 bits per heavy atom. The maximum Gasteiger partial charge on any atom is 0.152 e. The molecular weight excluding hydrogens is 226 g/mol. The zero-order valence-electron chi connectivity index (χ0n) is 8.96. The lowest BCUT2D eigenvalue weighted by Gasteiger charge is -2.21. The van der Waals surface area contributed by atoms with Crippen LogP contribution in [0.15, 0.2) is 24.3 Å². The molecule has 0 radical (unpaired) electrons. The van der Waals surface area contributed by atoms with Gasteiger partial charge in [0.1, 0.15) is 5.75 Å². The van der Waals surface area contributed by atoms with Gasteiger partial charge in [-0.25, -0.2) is 8.42 Å². The molecule has 0 aromatic heterocycles. The number of hydrogen-bond acceptors (Lipinski definition) is 4. The molecule has 1 heterocycles. The van der Waals surface area contributed by atoms with Crippen LogP contribution in [0.3, 0.4) is 0 Å². The molecule has 1 aliphatic heterocycles. The van der Waals surface area contributed by atoms with Crippen molar-refractivity contribution in [2.45, 2.75) is 6.42 Å². The highest BCUT2D eigenvalue weighted by atomic mass is 32.2. The molecule has 1 aromatic carbocycles. The van der Waals surface area contributed by atoms with Crippen LogP contribution in [-0.2, 0) is 9.84 Å². The second-order valence-corrected chi connectivity index (χ2v) is 6.31. The number of hydrogen-bond donors (Lipinski definition) is 1. The molecule has 0 unspecified atom stereocenters. The van der Waals surface area contributed by atoms with Crippen molar-refractivity contribution in [1.29, 1.82) is 0 Å². The summed E-state index contributed by atoms with van der Waals surface area (Å²) in [4.78, 5) is 2.05. The van der Waals surface area contributed by atoms with Gasteiger partial charge in [0.15, 0.2) is 9.84 Å². The van der Waals surface area contributed by atoms with Crippen molar-refractivity contribution in [3.8, 4) is 5.75 Å². The summed E-state index contributed by atoms with van der Waals surface area (Å²) in [6.07, 6.45) is 0.670. The van der Waals surface area contributed by atoms with Crippen LogP contribution >= 0.6 is 0 Å². The number of nitrogens with zero attached hydrogens (tertiary/aromatic N) is 1. The topological polar surface area (TPSA) is 57.6 Å². The van der Waals surface area contributed by atoms with E-state index in [0.29, 0.717) is 13.0 Å². The number of phenols is 1. The summed E-state index contributed by atoms with van der Waals surface area (Å²) >= 11 is 0. The molecule has 16 heavy (non-hydrogen) atoms. The maximum atomic E-state index is 11.4. The first-order valence-electron chi connectivity index (χ1n) is 5.31. The van der Waals surface area contributed by atoms with Gasteiger partial charge in [-0.1, -0.05) is 0 Å². The minimum atomic E-state index is -2.86.